The fourth-order valence-corrected chi connectivity index (χ4v) is 3.04. The van der Waals surface area contributed by atoms with Gasteiger partial charge in [-0.05, 0) is 24.3 Å². The molecule has 0 bridgehead atoms. The summed E-state index contributed by atoms with van der Waals surface area (Å²) in [7, 11) is 5.75. The Morgan fingerprint density at radius 2 is 2.00 bits per heavy atom. The zero-order valence-electron chi connectivity index (χ0n) is 12.1. The van der Waals surface area contributed by atoms with Gasteiger partial charge in [0.2, 0.25) is 11.0 Å². The molecular formula is C13H17N5OS2. The highest BCUT2D eigenvalue weighted by molar-refractivity contribution is 8.01. The van der Waals surface area contributed by atoms with Crippen LogP contribution in [0.5, 0.6) is 0 Å². The Labute approximate surface area is 132 Å². The molecule has 0 fully saturated rings. The van der Waals surface area contributed by atoms with Crippen molar-refractivity contribution in [3.63, 3.8) is 0 Å². The largest absolute Gasteiger partial charge is 0.378 e. The Morgan fingerprint density at radius 3 is 2.57 bits per heavy atom. The van der Waals surface area contributed by atoms with Gasteiger partial charge in [-0.25, -0.2) is 0 Å². The standard InChI is InChI=1S/C13H17N5OS2/c1-14-12-16-17-13(21-12)20-8-11(19)15-9-4-6-10(7-5-9)18(2)3/h4-7H,8H2,1-3H3,(H,14,16)(H,15,19). The molecule has 0 radical (unpaired) electrons. The van der Waals surface area contributed by atoms with Crippen LogP contribution >= 0.6 is 23.1 Å². The molecule has 0 aliphatic heterocycles. The Morgan fingerprint density at radius 1 is 1.29 bits per heavy atom. The van der Waals surface area contributed by atoms with Crippen molar-refractivity contribution in [2.24, 2.45) is 0 Å². The topological polar surface area (TPSA) is 70.1 Å². The van der Waals surface area contributed by atoms with Crippen LogP contribution in [-0.4, -0.2) is 43.0 Å². The first-order valence-electron chi connectivity index (χ1n) is 6.30. The molecule has 6 nitrogen and oxygen atoms in total. The van der Waals surface area contributed by atoms with Crippen LogP contribution in [0, 0.1) is 0 Å². The minimum absolute atomic E-state index is 0.0567. The lowest BCUT2D eigenvalue weighted by molar-refractivity contribution is -0.113. The minimum atomic E-state index is -0.0567. The third kappa shape index (κ3) is 4.61. The smallest absolute Gasteiger partial charge is 0.234 e. The van der Waals surface area contributed by atoms with Gasteiger partial charge in [0, 0.05) is 32.5 Å². The normalized spacial score (nSPS) is 10.2. The van der Waals surface area contributed by atoms with Crippen LogP contribution in [0.4, 0.5) is 16.5 Å². The van der Waals surface area contributed by atoms with Crippen molar-refractivity contribution in [3.05, 3.63) is 24.3 Å². The van der Waals surface area contributed by atoms with Crippen molar-refractivity contribution in [1.29, 1.82) is 0 Å². The predicted molar refractivity (Wildman–Crippen MR) is 89.6 cm³/mol. The van der Waals surface area contributed by atoms with Crippen LogP contribution in [0.25, 0.3) is 0 Å². The first kappa shape index (κ1) is 15.6. The van der Waals surface area contributed by atoms with Crippen LogP contribution in [-0.2, 0) is 4.79 Å². The number of hydrogen-bond acceptors (Lipinski definition) is 7. The maximum Gasteiger partial charge on any atom is 0.234 e. The summed E-state index contributed by atoms with van der Waals surface area (Å²) >= 11 is 2.81. The van der Waals surface area contributed by atoms with E-state index in [4.69, 9.17) is 0 Å². The Balaban J connectivity index is 1.83. The highest BCUT2D eigenvalue weighted by Crippen LogP contribution is 2.25. The van der Waals surface area contributed by atoms with Gasteiger partial charge in [-0.1, -0.05) is 23.1 Å². The molecule has 0 saturated heterocycles. The lowest BCUT2D eigenvalue weighted by Crippen LogP contribution is -2.14. The Kier molecular flexibility index (Phi) is 5.40. The summed E-state index contributed by atoms with van der Waals surface area (Å²) in [6.07, 6.45) is 0. The minimum Gasteiger partial charge on any atom is -0.378 e. The van der Waals surface area contributed by atoms with E-state index in [0.29, 0.717) is 5.75 Å². The molecule has 0 saturated carbocycles. The number of nitrogens with one attached hydrogen (secondary N) is 2. The molecule has 21 heavy (non-hydrogen) atoms. The summed E-state index contributed by atoms with van der Waals surface area (Å²) in [6.45, 7) is 0. The zero-order chi connectivity index (χ0) is 15.2. The van der Waals surface area contributed by atoms with E-state index in [1.54, 1.807) is 7.05 Å². The van der Waals surface area contributed by atoms with Crippen molar-refractivity contribution in [2.45, 2.75) is 4.34 Å². The molecule has 0 aliphatic rings. The number of thioether (sulfide) groups is 1. The monoisotopic (exact) mass is 323 g/mol. The second-order valence-electron chi connectivity index (χ2n) is 4.40. The van der Waals surface area contributed by atoms with Gasteiger partial charge < -0.3 is 15.5 Å². The van der Waals surface area contributed by atoms with Gasteiger partial charge >= 0.3 is 0 Å². The summed E-state index contributed by atoms with van der Waals surface area (Å²) in [5, 5.41) is 14.4. The van der Waals surface area contributed by atoms with E-state index < -0.39 is 0 Å². The number of rotatable bonds is 6. The quantitative estimate of drug-likeness (QED) is 0.796. The van der Waals surface area contributed by atoms with E-state index in [9.17, 15) is 4.79 Å². The highest BCUT2D eigenvalue weighted by Gasteiger charge is 2.08. The molecule has 0 aliphatic carbocycles. The van der Waals surface area contributed by atoms with Crippen LogP contribution in [0.1, 0.15) is 0 Å². The fourth-order valence-electron chi connectivity index (χ4n) is 1.54. The van der Waals surface area contributed by atoms with Crippen molar-refractivity contribution >= 4 is 45.5 Å². The Bertz CT molecular complexity index is 597. The van der Waals surface area contributed by atoms with Crippen molar-refractivity contribution in [3.8, 4) is 0 Å². The maximum atomic E-state index is 11.9. The summed E-state index contributed by atoms with van der Waals surface area (Å²) in [4.78, 5) is 13.9. The molecule has 2 N–H and O–H groups in total. The second kappa shape index (κ2) is 7.28. The second-order valence-corrected chi connectivity index (χ2v) is 6.60. The van der Waals surface area contributed by atoms with E-state index in [1.807, 2.05) is 43.3 Å². The average molecular weight is 323 g/mol. The summed E-state index contributed by atoms with van der Waals surface area (Å²) in [6, 6.07) is 7.71. The first-order valence-corrected chi connectivity index (χ1v) is 8.10. The summed E-state index contributed by atoms with van der Waals surface area (Å²) in [5.41, 5.74) is 1.88. The van der Waals surface area contributed by atoms with Gasteiger partial charge in [0.15, 0.2) is 4.34 Å². The van der Waals surface area contributed by atoms with Crippen LogP contribution in [0.2, 0.25) is 0 Å². The van der Waals surface area contributed by atoms with Crippen LogP contribution in [0.3, 0.4) is 0 Å². The lowest BCUT2D eigenvalue weighted by Gasteiger charge is -2.12. The van der Waals surface area contributed by atoms with Gasteiger partial charge in [0.05, 0.1) is 5.75 Å². The highest BCUT2D eigenvalue weighted by atomic mass is 32.2. The van der Waals surface area contributed by atoms with Crippen LogP contribution in [0.15, 0.2) is 28.6 Å². The molecule has 0 spiro atoms. The number of carbonyl (C=O) groups is 1. The molecule has 8 heteroatoms. The number of aromatic nitrogens is 2. The number of anilines is 3. The number of carbonyl (C=O) groups excluding carboxylic acids is 1. The van der Waals surface area contributed by atoms with Crippen molar-refractivity contribution in [2.75, 3.05) is 42.4 Å². The third-order valence-electron chi connectivity index (χ3n) is 2.61. The van der Waals surface area contributed by atoms with E-state index in [1.165, 1.54) is 23.1 Å². The molecule has 1 aromatic carbocycles. The third-order valence-corrected chi connectivity index (χ3v) is 4.69. The Hall–Kier alpha value is -1.80. The summed E-state index contributed by atoms with van der Waals surface area (Å²) in [5.74, 6) is 0.257. The first-order chi connectivity index (χ1) is 10.1. The van der Waals surface area contributed by atoms with Gasteiger partial charge in [-0.3, -0.25) is 4.79 Å². The fraction of sp³-hybridized carbons (Fsp3) is 0.308. The van der Waals surface area contributed by atoms with E-state index in [-0.39, 0.29) is 5.91 Å². The molecule has 112 valence electrons. The van der Waals surface area contributed by atoms with Crippen molar-refractivity contribution in [1.82, 2.24) is 10.2 Å². The lowest BCUT2D eigenvalue weighted by atomic mass is 10.2. The molecule has 2 rings (SSSR count). The zero-order valence-corrected chi connectivity index (χ0v) is 13.7. The maximum absolute atomic E-state index is 11.9. The number of hydrogen-bond donors (Lipinski definition) is 2. The van der Waals surface area contributed by atoms with E-state index in [2.05, 4.69) is 20.8 Å². The van der Waals surface area contributed by atoms with E-state index in [0.717, 1.165) is 20.8 Å². The number of amides is 1. The van der Waals surface area contributed by atoms with Gasteiger partial charge in [0.1, 0.15) is 0 Å². The molecule has 2 aromatic rings. The van der Waals surface area contributed by atoms with E-state index >= 15 is 0 Å². The number of nitrogens with zero attached hydrogens (tertiary/aromatic N) is 3. The molecule has 0 atom stereocenters. The molecule has 1 amide bonds. The summed E-state index contributed by atoms with van der Waals surface area (Å²) < 4.78 is 0.775. The van der Waals surface area contributed by atoms with Gasteiger partial charge in [-0.15, -0.1) is 10.2 Å². The van der Waals surface area contributed by atoms with Crippen LogP contribution < -0.4 is 15.5 Å². The van der Waals surface area contributed by atoms with Gasteiger partial charge in [0.25, 0.3) is 0 Å². The van der Waals surface area contributed by atoms with Gasteiger partial charge in [-0.2, -0.15) is 0 Å². The molecule has 1 aromatic heterocycles. The molecule has 1 heterocycles. The average Bonchev–Trinajstić information content (AvgIpc) is 2.94. The van der Waals surface area contributed by atoms with Crippen molar-refractivity contribution < 1.29 is 4.79 Å². The number of benzene rings is 1. The SMILES string of the molecule is CNc1nnc(SCC(=O)Nc2ccc(N(C)C)cc2)s1. The predicted octanol–water partition coefficient (Wildman–Crippen LogP) is 2.38. The molecule has 0 unspecified atom stereocenters. The molecular weight excluding hydrogens is 306 g/mol.